The second-order valence-electron chi connectivity index (χ2n) is 2.27. The Balaban J connectivity index is 3.11. The highest BCUT2D eigenvalue weighted by Crippen LogP contribution is 2.40. The molecule has 0 fully saturated rings. The van der Waals surface area contributed by atoms with Crippen LogP contribution in [0.2, 0.25) is 0 Å². The lowest BCUT2D eigenvalue weighted by Gasteiger charge is -2.11. The molecule has 0 aliphatic heterocycles. The maximum Gasteiger partial charge on any atom is 0.387 e. The summed E-state index contributed by atoms with van der Waals surface area (Å²) in [7, 11) is 1.44. The van der Waals surface area contributed by atoms with Crippen LogP contribution in [0, 0.1) is 0 Å². The monoisotopic (exact) mass is 330 g/mol. The molecule has 0 aliphatic carbocycles. The average molecular weight is 332 g/mol. The molecule has 1 aromatic carbocycles. The van der Waals surface area contributed by atoms with Crippen LogP contribution in [0.3, 0.4) is 0 Å². The van der Waals surface area contributed by atoms with Crippen molar-refractivity contribution in [3.8, 4) is 11.5 Å². The molecule has 78 valence electrons. The van der Waals surface area contributed by atoms with E-state index in [9.17, 15) is 8.78 Å². The summed E-state index contributed by atoms with van der Waals surface area (Å²) < 4.78 is 34.1. The molecule has 14 heavy (non-hydrogen) atoms. The summed E-state index contributed by atoms with van der Waals surface area (Å²) >= 11 is 6.20. The molecule has 0 amide bonds. The quantitative estimate of drug-likeness (QED) is 0.838. The molecule has 0 saturated carbocycles. The zero-order chi connectivity index (χ0) is 10.7. The molecule has 0 aliphatic rings. The SMILES string of the molecule is COc1ccc(Br)c(OC(F)F)c1Br. The molecule has 0 bridgehead atoms. The van der Waals surface area contributed by atoms with E-state index in [-0.39, 0.29) is 5.75 Å². The van der Waals surface area contributed by atoms with Crippen LogP contribution in [0.25, 0.3) is 0 Å². The van der Waals surface area contributed by atoms with Crippen LogP contribution in [0.5, 0.6) is 11.5 Å². The van der Waals surface area contributed by atoms with Crippen LogP contribution in [-0.4, -0.2) is 13.7 Å². The van der Waals surface area contributed by atoms with Crippen molar-refractivity contribution in [1.82, 2.24) is 0 Å². The van der Waals surface area contributed by atoms with Crippen molar-refractivity contribution < 1.29 is 18.3 Å². The average Bonchev–Trinajstić information content (AvgIpc) is 2.12. The minimum atomic E-state index is -2.87. The van der Waals surface area contributed by atoms with Crippen molar-refractivity contribution in [2.45, 2.75) is 6.61 Å². The highest BCUT2D eigenvalue weighted by Gasteiger charge is 2.15. The van der Waals surface area contributed by atoms with Gasteiger partial charge in [0.15, 0.2) is 5.75 Å². The number of benzene rings is 1. The minimum absolute atomic E-state index is 0.0272. The summed E-state index contributed by atoms with van der Waals surface area (Å²) in [4.78, 5) is 0. The van der Waals surface area contributed by atoms with E-state index in [0.29, 0.717) is 14.7 Å². The number of methoxy groups -OCH3 is 1. The summed E-state index contributed by atoms with van der Waals surface area (Å²) in [6.07, 6.45) is 0. The number of hydrogen-bond donors (Lipinski definition) is 0. The molecule has 0 N–H and O–H groups in total. The van der Waals surface area contributed by atoms with E-state index in [1.165, 1.54) is 7.11 Å². The van der Waals surface area contributed by atoms with Gasteiger partial charge in [0.2, 0.25) is 0 Å². The third-order valence-electron chi connectivity index (χ3n) is 1.44. The van der Waals surface area contributed by atoms with E-state index in [2.05, 4.69) is 36.6 Å². The third-order valence-corrected chi connectivity index (χ3v) is 2.82. The molecule has 1 rings (SSSR count). The van der Waals surface area contributed by atoms with Crippen molar-refractivity contribution in [3.05, 3.63) is 21.1 Å². The normalized spacial score (nSPS) is 10.4. The van der Waals surface area contributed by atoms with Gasteiger partial charge < -0.3 is 9.47 Å². The Hall–Kier alpha value is -0.360. The largest absolute Gasteiger partial charge is 0.495 e. The fourth-order valence-corrected chi connectivity index (χ4v) is 2.16. The molecule has 1 aromatic rings. The summed E-state index contributed by atoms with van der Waals surface area (Å²) in [6, 6.07) is 3.20. The molecule has 0 atom stereocenters. The highest BCUT2D eigenvalue weighted by atomic mass is 79.9. The smallest absolute Gasteiger partial charge is 0.387 e. The van der Waals surface area contributed by atoms with Crippen LogP contribution >= 0.6 is 31.9 Å². The number of hydrogen-bond acceptors (Lipinski definition) is 2. The first-order valence-electron chi connectivity index (χ1n) is 3.53. The Morgan fingerprint density at radius 3 is 2.43 bits per heavy atom. The summed E-state index contributed by atoms with van der Waals surface area (Å²) in [5.74, 6) is 0.461. The Kier molecular flexibility index (Phi) is 4.12. The van der Waals surface area contributed by atoms with Crippen molar-refractivity contribution in [2.75, 3.05) is 7.11 Å². The fraction of sp³-hybridized carbons (Fsp3) is 0.250. The third kappa shape index (κ3) is 2.57. The number of rotatable bonds is 3. The van der Waals surface area contributed by atoms with Crippen LogP contribution in [-0.2, 0) is 0 Å². The van der Waals surface area contributed by atoms with E-state index >= 15 is 0 Å². The van der Waals surface area contributed by atoms with E-state index in [4.69, 9.17) is 4.74 Å². The van der Waals surface area contributed by atoms with Crippen LogP contribution in [0.15, 0.2) is 21.1 Å². The lowest BCUT2D eigenvalue weighted by atomic mass is 10.3. The van der Waals surface area contributed by atoms with Gasteiger partial charge in [0.1, 0.15) is 10.2 Å². The molecule has 0 spiro atoms. The molecular formula is C8H6Br2F2O2. The first kappa shape index (κ1) is 11.7. The maximum absolute atomic E-state index is 12.0. The Bertz CT molecular complexity index is 331. The van der Waals surface area contributed by atoms with Gasteiger partial charge >= 0.3 is 6.61 Å². The van der Waals surface area contributed by atoms with Crippen molar-refractivity contribution in [3.63, 3.8) is 0 Å². The van der Waals surface area contributed by atoms with Gasteiger partial charge in [-0.2, -0.15) is 8.78 Å². The second kappa shape index (κ2) is 4.93. The van der Waals surface area contributed by atoms with Gasteiger partial charge in [0, 0.05) is 0 Å². The second-order valence-corrected chi connectivity index (χ2v) is 3.92. The lowest BCUT2D eigenvalue weighted by molar-refractivity contribution is -0.0509. The lowest BCUT2D eigenvalue weighted by Crippen LogP contribution is -2.03. The number of alkyl halides is 2. The van der Waals surface area contributed by atoms with Gasteiger partial charge in [-0.3, -0.25) is 0 Å². The number of ether oxygens (including phenoxy) is 2. The van der Waals surface area contributed by atoms with Crippen molar-refractivity contribution in [1.29, 1.82) is 0 Å². The summed E-state index contributed by atoms with van der Waals surface area (Å²) in [6.45, 7) is -2.87. The van der Waals surface area contributed by atoms with E-state index in [1.54, 1.807) is 12.1 Å². The van der Waals surface area contributed by atoms with Gasteiger partial charge in [0.25, 0.3) is 0 Å². The van der Waals surface area contributed by atoms with E-state index in [0.717, 1.165) is 0 Å². The minimum Gasteiger partial charge on any atom is -0.495 e. The number of halogens is 4. The predicted octanol–water partition coefficient (Wildman–Crippen LogP) is 3.82. The zero-order valence-corrected chi connectivity index (χ0v) is 10.2. The summed E-state index contributed by atoms with van der Waals surface area (Å²) in [5.41, 5.74) is 0. The van der Waals surface area contributed by atoms with Crippen molar-refractivity contribution >= 4 is 31.9 Å². The highest BCUT2D eigenvalue weighted by molar-refractivity contribution is 9.11. The first-order chi connectivity index (χ1) is 6.56. The molecule has 2 nitrogen and oxygen atoms in total. The molecule has 0 heterocycles. The first-order valence-corrected chi connectivity index (χ1v) is 5.11. The van der Waals surface area contributed by atoms with Gasteiger partial charge in [-0.25, -0.2) is 0 Å². The molecule has 0 saturated heterocycles. The van der Waals surface area contributed by atoms with Crippen LogP contribution in [0.4, 0.5) is 8.78 Å². The summed E-state index contributed by atoms with van der Waals surface area (Å²) in [5, 5.41) is 0. The molecule has 0 unspecified atom stereocenters. The predicted molar refractivity (Wildman–Crippen MR) is 55.0 cm³/mol. The molecule has 0 radical (unpaired) electrons. The fourth-order valence-electron chi connectivity index (χ4n) is 0.869. The van der Waals surface area contributed by atoms with Gasteiger partial charge in [0.05, 0.1) is 11.6 Å². The van der Waals surface area contributed by atoms with Crippen LogP contribution < -0.4 is 9.47 Å². The van der Waals surface area contributed by atoms with E-state index < -0.39 is 6.61 Å². The molecular weight excluding hydrogens is 326 g/mol. The Morgan fingerprint density at radius 1 is 1.29 bits per heavy atom. The standard InChI is InChI=1S/C8H6Br2F2O2/c1-13-5-3-2-4(9)7(6(5)10)14-8(11)12/h2-3,8H,1H3. The van der Waals surface area contributed by atoms with Gasteiger partial charge in [-0.1, -0.05) is 0 Å². The topological polar surface area (TPSA) is 18.5 Å². The van der Waals surface area contributed by atoms with Crippen molar-refractivity contribution in [2.24, 2.45) is 0 Å². The maximum atomic E-state index is 12.0. The van der Waals surface area contributed by atoms with E-state index in [1.807, 2.05) is 0 Å². The Labute approximate surface area is 96.5 Å². The van der Waals surface area contributed by atoms with Gasteiger partial charge in [-0.15, -0.1) is 0 Å². The van der Waals surface area contributed by atoms with Gasteiger partial charge in [-0.05, 0) is 44.0 Å². The zero-order valence-electron chi connectivity index (χ0n) is 7.06. The molecule has 6 heteroatoms. The van der Waals surface area contributed by atoms with Crippen LogP contribution in [0.1, 0.15) is 0 Å². The Morgan fingerprint density at radius 2 is 1.93 bits per heavy atom. The molecule has 0 aromatic heterocycles.